The highest BCUT2D eigenvalue weighted by Crippen LogP contribution is 2.74. The summed E-state index contributed by atoms with van der Waals surface area (Å²) >= 11 is 0. The van der Waals surface area contributed by atoms with E-state index in [0.29, 0.717) is 0 Å². The second-order valence-corrected chi connectivity index (χ2v) is 11.3. The SMILES string of the molecule is c1ccc2c(c1)C1=C(c3ccccc3C13c1ccccc1-c1ccncc13)C21c2ccccc2-c2ccncc21. The number of allylic oxidation sites excluding steroid dienone is 2. The highest BCUT2D eigenvalue weighted by Gasteiger charge is 2.63. The Morgan fingerprint density at radius 3 is 1.07 bits per heavy atom. The molecule has 0 bridgehead atoms. The number of hydrogen-bond acceptors (Lipinski definition) is 2. The van der Waals surface area contributed by atoms with Gasteiger partial charge in [0.2, 0.25) is 0 Å². The van der Waals surface area contributed by atoms with Gasteiger partial charge in [-0.25, -0.2) is 0 Å². The van der Waals surface area contributed by atoms with Crippen LogP contribution in [0.25, 0.3) is 33.4 Å². The molecule has 0 fully saturated rings. The molecule has 0 N–H and O–H groups in total. The maximum absolute atomic E-state index is 4.73. The third-order valence-corrected chi connectivity index (χ3v) is 9.89. The Morgan fingerprint density at radius 1 is 0.325 bits per heavy atom. The van der Waals surface area contributed by atoms with Crippen molar-refractivity contribution in [1.29, 1.82) is 0 Å². The van der Waals surface area contributed by atoms with Crippen molar-refractivity contribution in [2.45, 2.75) is 10.8 Å². The lowest BCUT2D eigenvalue weighted by atomic mass is 9.67. The van der Waals surface area contributed by atoms with Crippen LogP contribution in [0.2, 0.25) is 0 Å². The van der Waals surface area contributed by atoms with Crippen LogP contribution < -0.4 is 0 Å². The first-order valence-corrected chi connectivity index (χ1v) is 13.9. The minimum absolute atomic E-state index is 0.439. The van der Waals surface area contributed by atoms with Crippen LogP contribution in [0.5, 0.6) is 0 Å². The molecule has 4 aliphatic carbocycles. The predicted octanol–water partition coefficient (Wildman–Crippen LogP) is 8.04. The summed E-state index contributed by atoms with van der Waals surface area (Å²) in [6.07, 6.45) is 8.11. The average Bonchev–Trinajstić information content (AvgIpc) is 3.70. The third kappa shape index (κ3) is 2.02. The maximum atomic E-state index is 4.73. The molecule has 6 aromatic rings. The van der Waals surface area contributed by atoms with Crippen LogP contribution in [-0.2, 0) is 10.8 Å². The number of pyridine rings is 2. The zero-order valence-corrected chi connectivity index (χ0v) is 21.6. The summed E-state index contributed by atoms with van der Waals surface area (Å²) in [5, 5.41) is 0. The number of aromatic nitrogens is 2. The van der Waals surface area contributed by atoms with E-state index >= 15 is 0 Å². The molecule has 4 aromatic carbocycles. The van der Waals surface area contributed by atoms with Crippen molar-refractivity contribution in [3.63, 3.8) is 0 Å². The van der Waals surface area contributed by atoms with Crippen molar-refractivity contribution in [3.8, 4) is 22.3 Å². The van der Waals surface area contributed by atoms with Gasteiger partial charge in [0.25, 0.3) is 0 Å². The highest BCUT2D eigenvalue weighted by molar-refractivity contribution is 6.19. The number of benzene rings is 4. The van der Waals surface area contributed by atoms with Gasteiger partial charge in [0.05, 0.1) is 10.8 Å². The van der Waals surface area contributed by atoms with E-state index in [1.807, 2.05) is 12.4 Å². The second-order valence-electron chi connectivity index (χ2n) is 11.3. The van der Waals surface area contributed by atoms with Gasteiger partial charge in [0.1, 0.15) is 0 Å². The van der Waals surface area contributed by atoms with Gasteiger partial charge >= 0.3 is 0 Å². The third-order valence-electron chi connectivity index (χ3n) is 9.89. The molecule has 184 valence electrons. The number of nitrogens with zero attached hydrogens (tertiary/aromatic N) is 2. The monoisotopic (exact) mass is 506 g/mol. The lowest BCUT2D eigenvalue weighted by Gasteiger charge is -2.34. The van der Waals surface area contributed by atoms with Crippen LogP contribution in [-0.4, -0.2) is 9.97 Å². The van der Waals surface area contributed by atoms with E-state index in [0.717, 1.165) is 0 Å². The van der Waals surface area contributed by atoms with Crippen molar-refractivity contribution in [1.82, 2.24) is 9.97 Å². The smallest absolute Gasteiger partial charge is 0.0743 e. The minimum atomic E-state index is -0.439. The van der Waals surface area contributed by atoms with Crippen LogP contribution in [0, 0.1) is 0 Å². The molecule has 0 saturated heterocycles. The summed E-state index contributed by atoms with van der Waals surface area (Å²) in [5.74, 6) is 0. The fraction of sp³-hybridized carbons (Fsp3) is 0.0526. The molecule has 0 aliphatic heterocycles. The quantitative estimate of drug-likeness (QED) is 0.208. The minimum Gasteiger partial charge on any atom is -0.264 e. The standard InChI is InChI=1S/C38H22N2/c1-5-13-29-23(9-1)25-17-19-39-21-33(25)37(29)31-15-7-3-11-27(31)36-35(37)28-12-4-8-16-32(28)38(36)30-14-6-2-10-24(30)26-18-20-40-22-34(26)38/h1-22H. The fourth-order valence-electron chi connectivity index (χ4n) is 8.73. The number of rotatable bonds is 0. The molecule has 2 spiro atoms. The first kappa shape index (κ1) is 20.8. The average molecular weight is 507 g/mol. The lowest BCUT2D eigenvalue weighted by molar-refractivity contribution is 0.820. The Kier molecular flexibility index (Phi) is 3.60. The summed E-state index contributed by atoms with van der Waals surface area (Å²) in [5.41, 5.74) is 17.7. The van der Waals surface area contributed by atoms with Gasteiger partial charge < -0.3 is 0 Å². The van der Waals surface area contributed by atoms with E-state index in [1.54, 1.807) is 0 Å². The van der Waals surface area contributed by atoms with Crippen LogP contribution in [0.1, 0.15) is 44.5 Å². The summed E-state index contributed by atoms with van der Waals surface area (Å²) in [4.78, 5) is 9.46. The Morgan fingerprint density at radius 2 is 0.650 bits per heavy atom. The zero-order chi connectivity index (χ0) is 26.1. The largest absolute Gasteiger partial charge is 0.264 e. The molecule has 0 amide bonds. The Balaban J connectivity index is 1.48. The van der Waals surface area contributed by atoms with Crippen molar-refractivity contribution in [2.24, 2.45) is 0 Å². The molecule has 2 unspecified atom stereocenters. The Bertz CT molecular complexity index is 1890. The molecular formula is C38H22N2. The topological polar surface area (TPSA) is 25.8 Å². The molecule has 2 heterocycles. The normalized spacial score (nSPS) is 21.6. The summed E-state index contributed by atoms with van der Waals surface area (Å²) in [6, 6.07) is 40.6. The van der Waals surface area contributed by atoms with Gasteiger partial charge in [-0.15, -0.1) is 0 Å². The van der Waals surface area contributed by atoms with Gasteiger partial charge in [-0.05, 0) is 90.0 Å². The maximum Gasteiger partial charge on any atom is 0.0743 e. The van der Waals surface area contributed by atoms with E-state index in [9.17, 15) is 0 Å². The Labute approximate surface area is 232 Å². The molecule has 0 radical (unpaired) electrons. The van der Waals surface area contributed by atoms with E-state index in [2.05, 4.69) is 122 Å². The summed E-state index contributed by atoms with van der Waals surface area (Å²) in [6.45, 7) is 0. The predicted molar refractivity (Wildman–Crippen MR) is 159 cm³/mol. The van der Waals surface area contributed by atoms with E-state index in [4.69, 9.17) is 9.97 Å². The highest BCUT2D eigenvalue weighted by atomic mass is 14.7. The fourth-order valence-corrected chi connectivity index (χ4v) is 8.73. The van der Waals surface area contributed by atoms with Crippen LogP contribution in [0.4, 0.5) is 0 Å². The van der Waals surface area contributed by atoms with E-state index < -0.39 is 10.8 Å². The first-order valence-electron chi connectivity index (χ1n) is 13.9. The molecule has 2 heteroatoms. The first-order chi connectivity index (χ1) is 19.9. The molecule has 10 rings (SSSR count). The van der Waals surface area contributed by atoms with Crippen LogP contribution in [0.3, 0.4) is 0 Å². The zero-order valence-electron chi connectivity index (χ0n) is 21.6. The second kappa shape index (κ2) is 6.91. The van der Waals surface area contributed by atoms with E-state index in [-0.39, 0.29) is 0 Å². The summed E-state index contributed by atoms with van der Waals surface area (Å²) < 4.78 is 0. The Hall–Kier alpha value is -5.08. The molecule has 0 saturated carbocycles. The summed E-state index contributed by atoms with van der Waals surface area (Å²) in [7, 11) is 0. The molecular weight excluding hydrogens is 484 g/mol. The molecule has 4 aliphatic rings. The van der Waals surface area contributed by atoms with Gasteiger partial charge in [-0.1, -0.05) is 97.1 Å². The van der Waals surface area contributed by atoms with Gasteiger partial charge in [-0.2, -0.15) is 0 Å². The van der Waals surface area contributed by atoms with Gasteiger partial charge in [0.15, 0.2) is 0 Å². The molecule has 2 aromatic heterocycles. The molecule has 2 atom stereocenters. The number of fused-ring (bicyclic) bond motifs is 18. The van der Waals surface area contributed by atoms with Crippen molar-refractivity contribution in [2.75, 3.05) is 0 Å². The van der Waals surface area contributed by atoms with Crippen molar-refractivity contribution in [3.05, 3.63) is 178 Å². The van der Waals surface area contributed by atoms with Crippen LogP contribution >= 0.6 is 0 Å². The lowest BCUT2D eigenvalue weighted by Crippen LogP contribution is -2.28. The van der Waals surface area contributed by atoms with Gasteiger partial charge in [-0.3, -0.25) is 9.97 Å². The van der Waals surface area contributed by atoms with E-state index in [1.165, 1.54) is 77.9 Å². The van der Waals surface area contributed by atoms with Crippen molar-refractivity contribution < 1.29 is 0 Å². The van der Waals surface area contributed by atoms with Crippen molar-refractivity contribution >= 4 is 11.1 Å². The molecule has 2 nitrogen and oxygen atoms in total. The number of hydrogen-bond donors (Lipinski definition) is 0. The molecule has 40 heavy (non-hydrogen) atoms. The van der Waals surface area contributed by atoms with Crippen LogP contribution in [0.15, 0.2) is 134 Å². The van der Waals surface area contributed by atoms with Gasteiger partial charge in [0, 0.05) is 24.8 Å².